The maximum atomic E-state index is 12.6. The standard InChI is InChI=1S/C18H19NO3/c1-13-7-9-14(10-8-13)17(20)15-5-3-4-6-16(15)18(21)19-11-12-22-2/h3-10H,11-12H2,1-2H3,(H,19,21). The van der Waals surface area contributed by atoms with Gasteiger partial charge in [-0.3, -0.25) is 9.59 Å². The van der Waals surface area contributed by atoms with Crippen molar-refractivity contribution in [2.24, 2.45) is 0 Å². The van der Waals surface area contributed by atoms with E-state index in [1.165, 1.54) is 0 Å². The van der Waals surface area contributed by atoms with Gasteiger partial charge in [0.2, 0.25) is 0 Å². The predicted octanol–water partition coefficient (Wildman–Crippen LogP) is 2.60. The van der Waals surface area contributed by atoms with Crippen molar-refractivity contribution in [3.8, 4) is 0 Å². The Labute approximate surface area is 130 Å². The van der Waals surface area contributed by atoms with Gasteiger partial charge in [-0.25, -0.2) is 0 Å². The van der Waals surface area contributed by atoms with E-state index in [-0.39, 0.29) is 11.7 Å². The summed E-state index contributed by atoms with van der Waals surface area (Å²) in [6.45, 7) is 2.80. The Morgan fingerprint density at radius 1 is 1.00 bits per heavy atom. The van der Waals surface area contributed by atoms with Gasteiger partial charge in [0.05, 0.1) is 12.2 Å². The summed E-state index contributed by atoms with van der Waals surface area (Å²) in [5.41, 5.74) is 2.44. The van der Waals surface area contributed by atoms with Crippen molar-refractivity contribution in [3.63, 3.8) is 0 Å². The van der Waals surface area contributed by atoms with Gasteiger partial charge in [0, 0.05) is 24.8 Å². The number of amides is 1. The molecule has 0 aliphatic rings. The third kappa shape index (κ3) is 3.80. The Bertz CT molecular complexity index is 662. The molecule has 0 aliphatic heterocycles. The zero-order valence-electron chi connectivity index (χ0n) is 12.8. The van der Waals surface area contributed by atoms with Crippen molar-refractivity contribution in [3.05, 3.63) is 70.8 Å². The molecule has 114 valence electrons. The molecular formula is C18H19NO3. The Morgan fingerprint density at radius 2 is 1.64 bits per heavy atom. The van der Waals surface area contributed by atoms with E-state index in [0.717, 1.165) is 5.56 Å². The lowest BCUT2D eigenvalue weighted by atomic mass is 9.97. The molecule has 0 aromatic heterocycles. The molecule has 1 N–H and O–H groups in total. The van der Waals surface area contributed by atoms with Gasteiger partial charge in [-0.15, -0.1) is 0 Å². The average Bonchev–Trinajstić information content (AvgIpc) is 2.55. The second-order valence-corrected chi connectivity index (χ2v) is 4.99. The molecule has 0 atom stereocenters. The maximum absolute atomic E-state index is 12.6. The molecular weight excluding hydrogens is 278 g/mol. The number of nitrogens with one attached hydrogen (secondary N) is 1. The van der Waals surface area contributed by atoms with Gasteiger partial charge in [0.25, 0.3) is 5.91 Å². The van der Waals surface area contributed by atoms with Crippen LogP contribution in [0.4, 0.5) is 0 Å². The fourth-order valence-corrected chi connectivity index (χ4v) is 2.10. The number of hydrogen-bond donors (Lipinski definition) is 1. The third-order valence-electron chi connectivity index (χ3n) is 3.32. The van der Waals surface area contributed by atoms with Gasteiger partial charge in [0.1, 0.15) is 0 Å². The van der Waals surface area contributed by atoms with Gasteiger partial charge in [-0.2, -0.15) is 0 Å². The molecule has 4 nitrogen and oxygen atoms in total. The van der Waals surface area contributed by atoms with E-state index in [1.54, 1.807) is 43.5 Å². The van der Waals surface area contributed by atoms with Crippen LogP contribution in [0.3, 0.4) is 0 Å². The minimum absolute atomic E-state index is 0.155. The van der Waals surface area contributed by atoms with Crippen molar-refractivity contribution in [1.29, 1.82) is 0 Å². The van der Waals surface area contributed by atoms with Crippen molar-refractivity contribution in [2.75, 3.05) is 20.3 Å². The van der Waals surface area contributed by atoms with E-state index in [9.17, 15) is 9.59 Å². The van der Waals surface area contributed by atoms with Crippen LogP contribution < -0.4 is 5.32 Å². The number of aryl methyl sites for hydroxylation is 1. The molecule has 0 unspecified atom stereocenters. The fraction of sp³-hybridized carbons (Fsp3) is 0.222. The SMILES string of the molecule is COCCNC(=O)c1ccccc1C(=O)c1ccc(C)cc1. The Kier molecular flexibility index (Phi) is 5.44. The number of ketones is 1. The van der Waals surface area contributed by atoms with Crippen LogP contribution in [0.5, 0.6) is 0 Å². The van der Waals surface area contributed by atoms with E-state index in [4.69, 9.17) is 4.74 Å². The van der Waals surface area contributed by atoms with Gasteiger partial charge >= 0.3 is 0 Å². The van der Waals surface area contributed by atoms with Crippen LogP contribution in [0, 0.1) is 6.92 Å². The Balaban J connectivity index is 2.25. The molecule has 4 heteroatoms. The zero-order chi connectivity index (χ0) is 15.9. The van der Waals surface area contributed by atoms with E-state index in [1.807, 2.05) is 19.1 Å². The van der Waals surface area contributed by atoms with Gasteiger partial charge in [-0.05, 0) is 13.0 Å². The van der Waals surface area contributed by atoms with E-state index < -0.39 is 0 Å². The predicted molar refractivity (Wildman–Crippen MR) is 85.3 cm³/mol. The molecule has 22 heavy (non-hydrogen) atoms. The minimum atomic E-state index is -0.270. The summed E-state index contributed by atoms with van der Waals surface area (Å²) >= 11 is 0. The molecule has 0 bridgehead atoms. The summed E-state index contributed by atoms with van der Waals surface area (Å²) in [7, 11) is 1.57. The van der Waals surface area contributed by atoms with Crippen molar-refractivity contribution >= 4 is 11.7 Å². The molecule has 0 heterocycles. The molecule has 0 saturated carbocycles. The molecule has 0 spiro atoms. The molecule has 0 saturated heterocycles. The Hall–Kier alpha value is -2.46. The van der Waals surface area contributed by atoms with Gasteiger partial charge in [-0.1, -0.05) is 48.0 Å². The molecule has 0 fully saturated rings. The summed E-state index contributed by atoms with van der Waals surface area (Å²) in [5, 5.41) is 2.74. The van der Waals surface area contributed by atoms with Crippen LogP contribution in [0.1, 0.15) is 31.8 Å². The fourth-order valence-electron chi connectivity index (χ4n) is 2.10. The third-order valence-corrected chi connectivity index (χ3v) is 3.32. The maximum Gasteiger partial charge on any atom is 0.252 e. The lowest BCUT2D eigenvalue weighted by molar-refractivity contribution is 0.0927. The second kappa shape index (κ2) is 7.52. The van der Waals surface area contributed by atoms with E-state index in [2.05, 4.69) is 5.32 Å². The number of rotatable bonds is 6. The van der Waals surface area contributed by atoms with Gasteiger partial charge < -0.3 is 10.1 Å². The minimum Gasteiger partial charge on any atom is -0.383 e. The molecule has 2 aromatic rings. The lowest BCUT2D eigenvalue weighted by Crippen LogP contribution is -2.28. The highest BCUT2D eigenvalue weighted by Gasteiger charge is 2.17. The van der Waals surface area contributed by atoms with Crippen LogP contribution in [0.25, 0.3) is 0 Å². The quantitative estimate of drug-likeness (QED) is 0.658. The first-order valence-corrected chi connectivity index (χ1v) is 7.11. The molecule has 2 aromatic carbocycles. The van der Waals surface area contributed by atoms with Crippen molar-refractivity contribution in [1.82, 2.24) is 5.32 Å². The molecule has 0 radical (unpaired) electrons. The number of ether oxygens (including phenoxy) is 1. The van der Waals surface area contributed by atoms with Crippen LogP contribution in [0.2, 0.25) is 0 Å². The van der Waals surface area contributed by atoms with Crippen molar-refractivity contribution < 1.29 is 14.3 Å². The normalized spacial score (nSPS) is 10.3. The lowest BCUT2D eigenvalue weighted by Gasteiger charge is -2.09. The highest BCUT2D eigenvalue weighted by molar-refractivity contribution is 6.15. The average molecular weight is 297 g/mol. The molecule has 0 aliphatic carbocycles. The van der Waals surface area contributed by atoms with E-state index in [0.29, 0.717) is 29.8 Å². The molecule has 2 rings (SSSR count). The number of hydrogen-bond acceptors (Lipinski definition) is 3. The summed E-state index contributed by atoms with van der Waals surface area (Å²) in [6, 6.07) is 14.2. The number of methoxy groups -OCH3 is 1. The zero-order valence-corrected chi connectivity index (χ0v) is 12.8. The summed E-state index contributed by atoms with van der Waals surface area (Å²) in [6.07, 6.45) is 0. The smallest absolute Gasteiger partial charge is 0.252 e. The van der Waals surface area contributed by atoms with E-state index >= 15 is 0 Å². The Morgan fingerprint density at radius 3 is 2.27 bits per heavy atom. The molecule has 1 amide bonds. The monoisotopic (exact) mass is 297 g/mol. The van der Waals surface area contributed by atoms with Crippen molar-refractivity contribution in [2.45, 2.75) is 6.92 Å². The topological polar surface area (TPSA) is 55.4 Å². The second-order valence-electron chi connectivity index (χ2n) is 4.99. The summed E-state index contributed by atoms with van der Waals surface area (Å²) < 4.78 is 4.90. The first kappa shape index (κ1) is 15.9. The summed E-state index contributed by atoms with van der Waals surface area (Å²) in [5.74, 6) is -0.425. The number of carbonyl (C=O) groups is 2. The van der Waals surface area contributed by atoms with Gasteiger partial charge in [0.15, 0.2) is 5.78 Å². The number of benzene rings is 2. The van der Waals surface area contributed by atoms with Crippen LogP contribution >= 0.6 is 0 Å². The summed E-state index contributed by atoms with van der Waals surface area (Å²) in [4.78, 5) is 24.8. The highest BCUT2D eigenvalue weighted by Crippen LogP contribution is 2.15. The first-order valence-electron chi connectivity index (χ1n) is 7.11. The highest BCUT2D eigenvalue weighted by atomic mass is 16.5. The number of carbonyl (C=O) groups excluding carboxylic acids is 2. The van der Waals surface area contributed by atoms with Crippen LogP contribution in [0.15, 0.2) is 48.5 Å². The largest absolute Gasteiger partial charge is 0.383 e. The van der Waals surface area contributed by atoms with Crippen LogP contribution in [-0.4, -0.2) is 32.0 Å². The first-order chi connectivity index (χ1) is 10.6. The van der Waals surface area contributed by atoms with Crippen LogP contribution in [-0.2, 0) is 4.74 Å².